The van der Waals surface area contributed by atoms with Gasteiger partial charge in [-0.15, -0.1) is 0 Å². The largest absolute Gasteiger partial charge is 0.361 e. The summed E-state index contributed by atoms with van der Waals surface area (Å²) in [5.41, 5.74) is 0.377. The number of hydrogen-bond acceptors (Lipinski definition) is 4. The number of aromatic nitrogens is 1. The van der Waals surface area contributed by atoms with E-state index in [1.54, 1.807) is 31.2 Å². The molecule has 2 aromatic rings. The molecule has 17 heavy (non-hydrogen) atoms. The molecule has 0 spiro atoms. The Kier molecular flexibility index (Phi) is 3.22. The lowest BCUT2D eigenvalue weighted by Crippen LogP contribution is -2.05. The molecular formula is C11H10ClNO3S. The van der Waals surface area contributed by atoms with Crippen molar-refractivity contribution in [3.8, 4) is 0 Å². The Morgan fingerprint density at radius 1 is 1.35 bits per heavy atom. The van der Waals surface area contributed by atoms with Gasteiger partial charge in [-0.2, -0.15) is 0 Å². The summed E-state index contributed by atoms with van der Waals surface area (Å²) in [6.07, 6.45) is 0. The monoisotopic (exact) mass is 271 g/mol. The second kappa shape index (κ2) is 4.50. The molecule has 1 aromatic carbocycles. The minimum Gasteiger partial charge on any atom is -0.361 e. The second-order valence-electron chi connectivity index (χ2n) is 3.62. The molecule has 0 aliphatic carbocycles. The van der Waals surface area contributed by atoms with E-state index < -0.39 is 9.84 Å². The van der Waals surface area contributed by atoms with Crippen molar-refractivity contribution in [3.63, 3.8) is 0 Å². The van der Waals surface area contributed by atoms with Crippen LogP contribution in [0.2, 0.25) is 5.02 Å². The fourth-order valence-corrected chi connectivity index (χ4v) is 3.28. The molecule has 0 aliphatic rings. The normalized spacial score (nSPS) is 11.6. The number of aryl methyl sites for hydroxylation is 1. The zero-order valence-electron chi connectivity index (χ0n) is 9.05. The van der Waals surface area contributed by atoms with Crippen LogP contribution in [-0.2, 0) is 15.6 Å². The first kappa shape index (κ1) is 12.1. The molecule has 1 heterocycles. The highest BCUT2D eigenvalue weighted by atomic mass is 35.5. The third-order valence-corrected chi connectivity index (χ3v) is 4.33. The van der Waals surface area contributed by atoms with E-state index in [-0.39, 0.29) is 15.7 Å². The number of hydrogen-bond donors (Lipinski definition) is 0. The molecule has 6 heteroatoms. The van der Waals surface area contributed by atoms with Gasteiger partial charge in [0.1, 0.15) is 11.5 Å². The van der Waals surface area contributed by atoms with Gasteiger partial charge < -0.3 is 4.52 Å². The van der Waals surface area contributed by atoms with E-state index in [1.165, 1.54) is 6.07 Å². The molecule has 1 aromatic heterocycles. The lowest BCUT2D eigenvalue weighted by molar-refractivity contribution is 0.392. The molecule has 4 nitrogen and oxygen atoms in total. The highest BCUT2D eigenvalue weighted by Gasteiger charge is 2.20. The summed E-state index contributed by atoms with van der Waals surface area (Å²) in [6.45, 7) is 1.71. The van der Waals surface area contributed by atoms with Gasteiger partial charge in [-0.1, -0.05) is 28.9 Å². The highest BCUT2D eigenvalue weighted by molar-refractivity contribution is 7.90. The predicted octanol–water partition coefficient (Wildman–Crippen LogP) is 2.61. The minimum atomic E-state index is -3.49. The van der Waals surface area contributed by atoms with Crippen molar-refractivity contribution in [2.75, 3.05) is 0 Å². The lowest BCUT2D eigenvalue weighted by atomic mass is 10.4. The molecule has 0 saturated heterocycles. The topological polar surface area (TPSA) is 60.2 Å². The van der Waals surface area contributed by atoms with Crippen molar-refractivity contribution in [3.05, 3.63) is 46.8 Å². The smallest absolute Gasteiger partial charge is 0.185 e. The first-order valence-electron chi connectivity index (χ1n) is 4.88. The average molecular weight is 272 g/mol. The summed E-state index contributed by atoms with van der Waals surface area (Å²) in [5.74, 6) is 0.364. The van der Waals surface area contributed by atoms with Crippen LogP contribution in [0.1, 0.15) is 11.5 Å². The maximum absolute atomic E-state index is 12.1. The van der Waals surface area contributed by atoms with E-state index >= 15 is 0 Å². The molecule has 0 bridgehead atoms. The van der Waals surface area contributed by atoms with Gasteiger partial charge in [-0.05, 0) is 19.1 Å². The average Bonchev–Trinajstić information content (AvgIpc) is 2.63. The van der Waals surface area contributed by atoms with Crippen molar-refractivity contribution in [2.45, 2.75) is 17.6 Å². The summed E-state index contributed by atoms with van der Waals surface area (Å²) in [7, 11) is -3.49. The van der Waals surface area contributed by atoms with Gasteiger partial charge in [-0.25, -0.2) is 8.42 Å². The minimum absolute atomic E-state index is 0.113. The molecular weight excluding hydrogens is 262 g/mol. The fraction of sp³-hybridized carbons (Fsp3) is 0.182. The van der Waals surface area contributed by atoms with Crippen LogP contribution in [0.3, 0.4) is 0 Å². The van der Waals surface area contributed by atoms with Gasteiger partial charge >= 0.3 is 0 Å². The summed E-state index contributed by atoms with van der Waals surface area (Å²) in [6, 6.07) is 7.93. The molecule has 0 saturated carbocycles. The van der Waals surface area contributed by atoms with Crippen LogP contribution in [0.15, 0.2) is 39.8 Å². The molecule has 0 atom stereocenters. The molecule has 0 radical (unpaired) electrons. The van der Waals surface area contributed by atoms with E-state index in [0.717, 1.165) is 0 Å². The maximum atomic E-state index is 12.1. The predicted molar refractivity (Wildman–Crippen MR) is 63.6 cm³/mol. The summed E-state index contributed by atoms with van der Waals surface area (Å²) < 4.78 is 29.0. The van der Waals surface area contributed by atoms with Crippen LogP contribution in [-0.4, -0.2) is 13.6 Å². The van der Waals surface area contributed by atoms with E-state index in [1.807, 2.05) is 0 Å². The van der Waals surface area contributed by atoms with Gasteiger partial charge in [0.05, 0.1) is 15.6 Å². The van der Waals surface area contributed by atoms with Gasteiger partial charge in [0.15, 0.2) is 9.84 Å². The second-order valence-corrected chi connectivity index (χ2v) is 5.98. The van der Waals surface area contributed by atoms with Crippen molar-refractivity contribution in [1.29, 1.82) is 0 Å². The molecule has 0 fully saturated rings. The molecule has 0 N–H and O–H groups in total. The number of halogens is 1. The molecule has 90 valence electrons. The molecule has 2 rings (SSSR count). The SMILES string of the molecule is Cc1cc(CS(=O)(=O)c2ccccc2Cl)no1. The van der Waals surface area contributed by atoms with Crippen LogP contribution in [0.5, 0.6) is 0 Å². The molecule has 0 aliphatic heterocycles. The number of nitrogens with zero attached hydrogens (tertiary/aromatic N) is 1. The third-order valence-electron chi connectivity index (χ3n) is 2.19. The summed E-state index contributed by atoms with van der Waals surface area (Å²) in [4.78, 5) is 0.113. The van der Waals surface area contributed by atoms with Crippen LogP contribution in [0.4, 0.5) is 0 Å². The Bertz CT molecular complexity index is 634. The third kappa shape index (κ3) is 2.68. The van der Waals surface area contributed by atoms with Crippen molar-refractivity contribution in [2.24, 2.45) is 0 Å². The zero-order valence-corrected chi connectivity index (χ0v) is 10.6. The first-order valence-corrected chi connectivity index (χ1v) is 6.91. The number of rotatable bonds is 3. The fourth-order valence-electron chi connectivity index (χ4n) is 1.46. The lowest BCUT2D eigenvalue weighted by Gasteiger charge is -2.03. The quantitative estimate of drug-likeness (QED) is 0.861. The van der Waals surface area contributed by atoms with E-state index in [9.17, 15) is 8.42 Å². The van der Waals surface area contributed by atoms with Gasteiger partial charge in [0.25, 0.3) is 0 Å². The first-order chi connectivity index (χ1) is 7.99. The van der Waals surface area contributed by atoms with Crippen LogP contribution in [0.25, 0.3) is 0 Å². The van der Waals surface area contributed by atoms with Gasteiger partial charge in [0, 0.05) is 6.07 Å². The van der Waals surface area contributed by atoms with Crippen molar-refractivity contribution >= 4 is 21.4 Å². The number of benzene rings is 1. The van der Waals surface area contributed by atoms with E-state index in [2.05, 4.69) is 5.16 Å². The highest BCUT2D eigenvalue weighted by Crippen LogP contribution is 2.24. The Hall–Kier alpha value is -1.33. The van der Waals surface area contributed by atoms with Gasteiger partial charge in [-0.3, -0.25) is 0 Å². The van der Waals surface area contributed by atoms with Crippen LogP contribution < -0.4 is 0 Å². The maximum Gasteiger partial charge on any atom is 0.185 e. The van der Waals surface area contributed by atoms with E-state index in [4.69, 9.17) is 16.1 Å². The molecule has 0 unspecified atom stereocenters. The Morgan fingerprint density at radius 2 is 2.06 bits per heavy atom. The Balaban J connectivity index is 2.35. The summed E-state index contributed by atoms with van der Waals surface area (Å²) >= 11 is 5.86. The Morgan fingerprint density at radius 3 is 2.65 bits per heavy atom. The van der Waals surface area contributed by atoms with Crippen molar-refractivity contribution in [1.82, 2.24) is 5.16 Å². The standard InChI is InChI=1S/C11H10ClNO3S/c1-8-6-9(13-16-8)7-17(14,15)11-5-3-2-4-10(11)12/h2-6H,7H2,1H3. The molecule has 0 amide bonds. The van der Waals surface area contributed by atoms with E-state index in [0.29, 0.717) is 11.5 Å². The van der Waals surface area contributed by atoms with Gasteiger partial charge in [0.2, 0.25) is 0 Å². The number of sulfone groups is 1. The van der Waals surface area contributed by atoms with Crippen LogP contribution in [0, 0.1) is 6.92 Å². The Labute approximate surface area is 104 Å². The summed E-state index contributed by atoms with van der Waals surface area (Å²) in [5, 5.41) is 3.87. The van der Waals surface area contributed by atoms with Crippen molar-refractivity contribution < 1.29 is 12.9 Å². The van der Waals surface area contributed by atoms with Crippen LogP contribution >= 0.6 is 11.6 Å². The zero-order chi connectivity index (χ0) is 12.5.